The standard InChI is InChI=1S/C31H41N5O6/c1-6-41-24-16-20-17-36(29(32)26(20)34-27(24)30(40)33-5)18-23(37)19-14-21(31(2,3)4)28(42-13-9-10-25(38)39)22(15-19)35-11-7-8-12-35/h14-16,32H,6-13,17-18H2,1-5H3,(H,33,40)(H,38,39). The van der Waals surface area contributed by atoms with Crippen molar-refractivity contribution >= 4 is 29.2 Å². The third-order valence-corrected chi connectivity index (χ3v) is 7.47. The first-order valence-corrected chi connectivity index (χ1v) is 14.5. The van der Waals surface area contributed by atoms with E-state index in [1.807, 2.05) is 19.1 Å². The minimum absolute atomic E-state index is 0.0240. The van der Waals surface area contributed by atoms with Gasteiger partial charge in [0.25, 0.3) is 5.91 Å². The van der Waals surface area contributed by atoms with Gasteiger partial charge in [-0.25, -0.2) is 4.98 Å². The molecule has 0 unspecified atom stereocenters. The number of hydrogen-bond donors (Lipinski definition) is 3. The van der Waals surface area contributed by atoms with Gasteiger partial charge in [-0.15, -0.1) is 0 Å². The highest BCUT2D eigenvalue weighted by molar-refractivity contribution is 6.06. The molecule has 1 fully saturated rings. The fourth-order valence-electron chi connectivity index (χ4n) is 5.31. The van der Waals surface area contributed by atoms with Crippen LogP contribution in [0.3, 0.4) is 0 Å². The zero-order valence-corrected chi connectivity index (χ0v) is 25.1. The van der Waals surface area contributed by atoms with E-state index in [4.69, 9.17) is 20.0 Å². The van der Waals surface area contributed by atoms with E-state index in [0.29, 0.717) is 42.3 Å². The lowest BCUT2D eigenvalue weighted by Gasteiger charge is -2.30. The van der Waals surface area contributed by atoms with E-state index in [1.165, 1.54) is 7.05 Å². The van der Waals surface area contributed by atoms with Crippen molar-refractivity contribution in [2.45, 2.75) is 65.3 Å². The number of aliphatic carboxylic acids is 1. The number of fused-ring (bicyclic) bond motifs is 1. The maximum atomic E-state index is 13.8. The molecule has 3 heterocycles. The number of carboxylic acid groups (broad SMARTS) is 1. The topological polar surface area (TPSA) is 145 Å². The number of ketones is 1. The predicted octanol–water partition coefficient (Wildman–Crippen LogP) is 4.01. The number of carbonyl (C=O) groups excluding carboxylic acids is 2. The van der Waals surface area contributed by atoms with Crippen molar-refractivity contribution < 1.29 is 29.0 Å². The van der Waals surface area contributed by atoms with Crippen LogP contribution in [0, 0.1) is 5.41 Å². The molecular weight excluding hydrogens is 538 g/mol. The lowest BCUT2D eigenvalue weighted by atomic mass is 9.84. The van der Waals surface area contributed by atoms with Crippen molar-refractivity contribution in [2.24, 2.45) is 0 Å². The highest BCUT2D eigenvalue weighted by Gasteiger charge is 2.32. The average Bonchev–Trinajstić information content (AvgIpc) is 3.58. The molecule has 1 aromatic carbocycles. The van der Waals surface area contributed by atoms with Gasteiger partial charge in [0.1, 0.15) is 17.3 Å². The summed E-state index contributed by atoms with van der Waals surface area (Å²) in [6.45, 7) is 10.6. The Kier molecular flexibility index (Phi) is 9.38. The molecule has 11 heteroatoms. The number of Topliss-reactive ketones (excluding diaryl/α,β-unsaturated/α-hetero) is 1. The smallest absolute Gasteiger partial charge is 0.303 e. The molecule has 0 bridgehead atoms. The molecule has 0 aliphatic carbocycles. The number of pyridine rings is 1. The average molecular weight is 580 g/mol. The van der Waals surface area contributed by atoms with Gasteiger partial charge in [0.2, 0.25) is 0 Å². The molecule has 1 amide bonds. The number of rotatable bonds is 12. The third kappa shape index (κ3) is 6.66. The van der Waals surface area contributed by atoms with Crippen molar-refractivity contribution in [3.8, 4) is 11.5 Å². The summed E-state index contributed by atoms with van der Waals surface area (Å²) in [5.74, 6) is -0.284. The number of carbonyl (C=O) groups is 3. The van der Waals surface area contributed by atoms with Crippen LogP contribution < -0.4 is 19.7 Å². The van der Waals surface area contributed by atoms with Crippen LogP contribution in [0.1, 0.15) is 91.0 Å². The van der Waals surface area contributed by atoms with Gasteiger partial charge in [-0.05, 0) is 49.8 Å². The monoisotopic (exact) mass is 579 g/mol. The zero-order chi connectivity index (χ0) is 30.6. The molecule has 226 valence electrons. The molecule has 1 saturated heterocycles. The molecule has 2 aliphatic rings. The third-order valence-electron chi connectivity index (χ3n) is 7.47. The molecule has 4 rings (SSSR count). The molecule has 0 atom stereocenters. The van der Waals surface area contributed by atoms with Crippen molar-refractivity contribution in [1.29, 1.82) is 5.41 Å². The molecule has 0 saturated carbocycles. The second-order valence-electron chi connectivity index (χ2n) is 11.6. The molecule has 42 heavy (non-hydrogen) atoms. The summed E-state index contributed by atoms with van der Waals surface area (Å²) in [6, 6.07) is 5.48. The minimum Gasteiger partial charge on any atom is -0.491 e. The summed E-state index contributed by atoms with van der Waals surface area (Å²) in [5.41, 5.74) is 3.10. The quantitative estimate of drug-likeness (QED) is 0.251. The molecule has 0 radical (unpaired) electrons. The summed E-state index contributed by atoms with van der Waals surface area (Å²) in [7, 11) is 1.51. The normalized spacial score (nSPS) is 14.6. The van der Waals surface area contributed by atoms with E-state index in [2.05, 4.69) is 36.0 Å². The van der Waals surface area contributed by atoms with E-state index in [0.717, 1.165) is 42.7 Å². The van der Waals surface area contributed by atoms with Crippen molar-refractivity contribution in [1.82, 2.24) is 15.2 Å². The second kappa shape index (κ2) is 12.8. The van der Waals surface area contributed by atoms with Crippen LogP contribution in [-0.2, 0) is 16.8 Å². The summed E-state index contributed by atoms with van der Waals surface area (Å²) in [4.78, 5) is 45.6. The van der Waals surface area contributed by atoms with Gasteiger partial charge >= 0.3 is 5.97 Å². The Morgan fingerprint density at radius 2 is 1.83 bits per heavy atom. The molecule has 2 aromatic rings. The highest BCUT2D eigenvalue weighted by Crippen LogP contribution is 2.42. The Labute approximate surface area is 246 Å². The van der Waals surface area contributed by atoms with Crippen LogP contribution >= 0.6 is 0 Å². The first-order valence-electron chi connectivity index (χ1n) is 14.5. The largest absolute Gasteiger partial charge is 0.491 e. The van der Waals surface area contributed by atoms with Gasteiger partial charge in [0.05, 0.1) is 25.4 Å². The Morgan fingerprint density at radius 1 is 1.12 bits per heavy atom. The lowest BCUT2D eigenvalue weighted by molar-refractivity contribution is -0.137. The predicted molar refractivity (Wildman–Crippen MR) is 159 cm³/mol. The number of ether oxygens (including phenoxy) is 2. The van der Waals surface area contributed by atoms with Crippen LogP contribution in [-0.4, -0.2) is 78.4 Å². The first-order chi connectivity index (χ1) is 19.9. The number of carboxylic acids is 1. The number of anilines is 1. The summed E-state index contributed by atoms with van der Waals surface area (Å²) < 4.78 is 11.9. The van der Waals surface area contributed by atoms with Crippen LogP contribution in [0.2, 0.25) is 0 Å². The summed E-state index contributed by atoms with van der Waals surface area (Å²) >= 11 is 0. The number of hydrogen-bond acceptors (Lipinski definition) is 8. The molecule has 2 aliphatic heterocycles. The SMILES string of the molecule is CCOc1cc2c(nc1C(=O)NC)C(=N)N(CC(=O)c1cc(N3CCCC3)c(OCCCC(=O)O)c(C(C)(C)C)c1)C2. The van der Waals surface area contributed by atoms with E-state index in [1.54, 1.807) is 11.0 Å². The van der Waals surface area contributed by atoms with E-state index in [-0.39, 0.29) is 42.3 Å². The molecule has 0 spiro atoms. The Balaban J connectivity index is 1.64. The summed E-state index contributed by atoms with van der Waals surface area (Å²) in [5, 5.41) is 20.4. The zero-order valence-electron chi connectivity index (χ0n) is 25.1. The number of nitrogens with one attached hydrogen (secondary N) is 2. The maximum Gasteiger partial charge on any atom is 0.303 e. The van der Waals surface area contributed by atoms with E-state index < -0.39 is 11.9 Å². The fraction of sp³-hybridized carbons (Fsp3) is 0.516. The minimum atomic E-state index is -0.862. The van der Waals surface area contributed by atoms with Crippen LogP contribution in [0.4, 0.5) is 5.69 Å². The molecule has 3 N–H and O–H groups in total. The second-order valence-corrected chi connectivity index (χ2v) is 11.6. The van der Waals surface area contributed by atoms with Crippen molar-refractivity contribution in [2.75, 3.05) is 44.8 Å². The number of nitrogens with zero attached hydrogens (tertiary/aromatic N) is 3. The van der Waals surface area contributed by atoms with Crippen molar-refractivity contribution in [3.05, 3.63) is 46.3 Å². The van der Waals surface area contributed by atoms with Gasteiger partial charge in [0.15, 0.2) is 17.2 Å². The van der Waals surface area contributed by atoms with Crippen molar-refractivity contribution in [3.63, 3.8) is 0 Å². The summed E-state index contributed by atoms with van der Waals surface area (Å²) in [6.07, 6.45) is 2.49. The number of aromatic nitrogens is 1. The first kappa shape index (κ1) is 30.8. The van der Waals surface area contributed by atoms with Crippen LogP contribution in [0.15, 0.2) is 18.2 Å². The van der Waals surface area contributed by atoms with Gasteiger partial charge in [-0.2, -0.15) is 0 Å². The molecule has 1 aromatic heterocycles. The fourth-order valence-corrected chi connectivity index (χ4v) is 5.31. The van der Waals surface area contributed by atoms with Crippen LogP contribution in [0.5, 0.6) is 11.5 Å². The van der Waals surface area contributed by atoms with E-state index >= 15 is 0 Å². The van der Waals surface area contributed by atoms with Gasteiger partial charge in [-0.1, -0.05) is 20.8 Å². The van der Waals surface area contributed by atoms with Gasteiger partial charge in [-0.3, -0.25) is 19.8 Å². The Hall–Kier alpha value is -4.15. The van der Waals surface area contributed by atoms with E-state index in [9.17, 15) is 14.4 Å². The van der Waals surface area contributed by atoms with Gasteiger partial charge < -0.3 is 29.7 Å². The highest BCUT2D eigenvalue weighted by atomic mass is 16.5. The van der Waals surface area contributed by atoms with Gasteiger partial charge in [0, 0.05) is 49.8 Å². The number of amides is 1. The Bertz CT molecular complexity index is 1380. The molecular formula is C31H41N5O6. The molecule has 11 nitrogen and oxygen atoms in total. The lowest BCUT2D eigenvalue weighted by Crippen LogP contribution is -2.31. The maximum absolute atomic E-state index is 13.8. The Morgan fingerprint density at radius 3 is 2.45 bits per heavy atom. The number of amidine groups is 1. The number of benzene rings is 1. The van der Waals surface area contributed by atoms with Crippen LogP contribution in [0.25, 0.3) is 0 Å².